The normalized spacial score (nSPS) is 34.4. The van der Waals surface area contributed by atoms with Gasteiger partial charge in [0, 0.05) is 22.9 Å². The highest BCUT2D eigenvalue weighted by Gasteiger charge is 2.66. The molecule has 122 valence electrons. The fraction of sp³-hybridized carbons (Fsp3) is 0.294. The Balaban J connectivity index is 1.83. The molecule has 1 saturated carbocycles. The van der Waals surface area contributed by atoms with Crippen LogP contribution in [0.15, 0.2) is 53.5 Å². The van der Waals surface area contributed by atoms with E-state index in [-0.39, 0.29) is 29.1 Å². The van der Waals surface area contributed by atoms with E-state index in [0.717, 1.165) is 0 Å². The van der Waals surface area contributed by atoms with Crippen LogP contribution in [0.4, 0.5) is 5.69 Å². The van der Waals surface area contributed by atoms with Gasteiger partial charge in [0.25, 0.3) is 5.69 Å². The second kappa shape index (κ2) is 5.04. The van der Waals surface area contributed by atoms with Gasteiger partial charge in [-0.15, -0.1) is 0 Å². The van der Waals surface area contributed by atoms with E-state index in [4.69, 9.17) is 0 Å². The van der Waals surface area contributed by atoms with Gasteiger partial charge in [-0.2, -0.15) is 0 Å². The molecule has 0 spiro atoms. The summed E-state index contributed by atoms with van der Waals surface area (Å²) < 4.78 is 12.1. The lowest BCUT2D eigenvalue weighted by Crippen LogP contribution is -2.56. The minimum Gasteiger partial charge on any atom is -0.294 e. The van der Waals surface area contributed by atoms with Gasteiger partial charge in [0.2, 0.25) is 0 Å². The Morgan fingerprint density at radius 3 is 2.50 bits per heavy atom. The van der Waals surface area contributed by atoms with Crippen molar-refractivity contribution in [2.75, 3.05) is 0 Å². The van der Waals surface area contributed by atoms with Crippen molar-refractivity contribution in [3.63, 3.8) is 0 Å². The van der Waals surface area contributed by atoms with Gasteiger partial charge < -0.3 is 0 Å². The summed E-state index contributed by atoms with van der Waals surface area (Å²) in [4.78, 5) is 35.7. The number of nitrogens with zero attached hydrogens (tertiary/aromatic N) is 1. The quantitative estimate of drug-likeness (QED) is 0.475. The first-order chi connectivity index (χ1) is 11.5. The lowest BCUT2D eigenvalue weighted by molar-refractivity contribution is -0.384. The maximum Gasteiger partial charge on any atom is 0.269 e. The summed E-state index contributed by atoms with van der Waals surface area (Å²) in [6.45, 7) is 0. The number of carbonyl (C=O) groups excluding carboxylic acids is 2. The molecule has 3 aliphatic rings. The number of non-ortho nitro benzene ring substituents is 1. The van der Waals surface area contributed by atoms with Gasteiger partial charge in [0.05, 0.1) is 21.6 Å². The monoisotopic (exact) mass is 343 g/mol. The van der Waals surface area contributed by atoms with Crippen LogP contribution in [0.25, 0.3) is 0 Å². The van der Waals surface area contributed by atoms with E-state index in [9.17, 15) is 23.9 Å². The molecule has 5 atom stereocenters. The fourth-order valence-corrected chi connectivity index (χ4v) is 6.22. The Morgan fingerprint density at radius 2 is 1.83 bits per heavy atom. The summed E-state index contributed by atoms with van der Waals surface area (Å²) in [5.41, 5.74) is -0.108. The van der Waals surface area contributed by atoms with E-state index < -0.39 is 26.4 Å². The first-order valence-electron chi connectivity index (χ1n) is 7.57. The fourth-order valence-electron chi connectivity index (χ4n) is 4.22. The standard InChI is InChI=1S/C17H13NO5S/c19-14-7-8-15(20)17(11-2-1-10(9-11)16(14)17)24(23)13-5-3-12(4-6-13)18(21)22/h1-8,10-11,16H,9H2/t10-,11+,16+,17+,24-/m0/s1. The highest BCUT2D eigenvalue weighted by molar-refractivity contribution is 7.87. The number of ketones is 2. The number of allylic oxidation sites excluding steroid dienone is 4. The SMILES string of the molecule is O=C1C=CC(=O)[C@]2([S@@](=O)c3ccc([N+](=O)[O-])cc3)[C@@H]3C=C[C@@H](C3)[C@H]12. The van der Waals surface area contributed by atoms with Gasteiger partial charge in [0.15, 0.2) is 11.6 Å². The van der Waals surface area contributed by atoms with E-state index in [1.54, 1.807) is 0 Å². The Hall–Kier alpha value is -2.41. The predicted molar refractivity (Wildman–Crippen MR) is 85.6 cm³/mol. The second-order valence-corrected chi connectivity index (χ2v) is 7.97. The van der Waals surface area contributed by atoms with Crippen molar-refractivity contribution >= 4 is 28.1 Å². The number of rotatable bonds is 3. The smallest absolute Gasteiger partial charge is 0.269 e. The third kappa shape index (κ3) is 1.78. The number of benzene rings is 1. The number of fused-ring (bicyclic) bond motifs is 5. The predicted octanol–water partition coefficient (Wildman–Crippen LogP) is 1.97. The molecule has 3 aliphatic carbocycles. The molecule has 0 N–H and O–H groups in total. The summed E-state index contributed by atoms with van der Waals surface area (Å²) in [6.07, 6.45) is 6.98. The van der Waals surface area contributed by atoms with Crippen molar-refractivity contribution in [1.29, 1.82) is 0 Å². The van der Waals surface area contributed by atoms with Gasteiger partial charge >= 0.3 is 0 Å². The minimum atomic E-state index is -1.76. The zero-order valence-corrected chi connectivity index (χ0v) is 13.3. The number of carbonyl (C=O) groups is 2. The van der Waals surface area contributed by atoms with E-state index in [1.807, 2.05) is 12.2 Å². The van der Waals surface area contributed by atoms with Crippen molar-refractivity contribution in [3.8, 4) is 0 Å². The Kier molecular flexibility index (Phi) is 3.18. The van der Waals surface area contributed by atoms with Crippen LogP contribution in [0.2, 0.25) is 0 Å². The summed E-state index contributed by atoms with van der Waals surface area (Å²) in [5.74, 6) is -1.38. The molecule has 24 heavy (non-hydrogen) atoms. The lowest BCUT2D eigenvalue weighted by atomic mass is 9.74. The largest absolute Gasteiger partial charge is 0.294 e. The summed E-state index contributed by atoms with van der Waals surface area (Å²) in [7, 11) is -1.76. The molecular weight excluding hydrogens is 330 g/mol. The molecular formula is C17H13NO5S. The van der Waals surface area contributed by atoms with E-state index >= 15 is 0 Å². The van der Waals surface area contributed by atoms with Crippen LogP contribution in [0, 0.1) is 27.9 Å². The van der Waals surface area contributed by atoms with E-state index in [2.05, 4.69) is 0 Å². The third-order valence-corrected chi connectivity index (χ3v) is 7.29. The van der Waals surface area contributed by atoms with Gasteiger partial charge in [-0.3, -0.25) is 23.9 Å². The topological polar surface area (TPSA) is 94.3 Å². The maximum absolute atomic E-state index is 13.3. The van der Waals surface area contributed by atoms with Crippen LogP contribution < -0.4 is 0 Å². The Labute approximate surface area is 139 Å². The minimum absolute atomic E-state index is 0.0709. The first kappa shape index (κ1) is 15.1. The van der Waals surface area contributed by atoms with Crippen LogP contribution in [0.1, 0.15) is 6.42 Å². The second-order valence-electron chi connectivity index (χ2n) is 6.28. The molecule has 1 aromatic carbocycles. The van der Waals surface area contributed by atoms with Crippen molar-refractivity contribution in [1.82, 2.24) is 0 Å². The van der Waals surface area contributed by atoms with Gasteiger partial charge in [-0.25, -0.2) is 0 Å². The van der Waals surface area contributed by atoms with Crippen molar-refractivity contribution in [2.45, 2.75) is 16.1 Å². The molecule has 0 radical (unpaired) electrons. The summed E-state index contributed by atoms with van der Waals surface area (Å²) >= 11 is 0. The number of nitro benzene ring substituents is 1. The zero-order valence-electron chi connectivity index (χ0n) is 12.5. The van der Waals surface area contributed by atoms with Crippen molar-refractivity contribution in [2.24, 2.45) is 17.8 Å². The van der Waals surface area contributed by atoms with Crippen molar-refractivity contribution in [3.05, 3.63) is 58.7 Å². The molecule has 1 fully saturated rings. The molecule has 7 heteroatoms. The lowest BCUT2D eigenvalue weighted by Gasteiger charge is -2.39. The van der Waals surface area contributed by atoms with Gasteiger partial charge in [-0.05, 0) is 36.6 Å². The van der Waals surface area contributed by atoms with Crippen LogP contribution >= 0.6 is 0 Å². The third-order valence-electron chi connectivity index (χ3n) is 5.22. The van der Waals surface area contributed by atoms with Crippen LogP contribution in [0.3, 0.4) is 0 Å². The van der Waals surface area contributed by atoms with Crippen LogP contribution in [0.5, 0.6) is 0 Å². The Bertz CT molecular complexity index is 856. The molecule has 0 aromatic heterocycles. The molecule has 2 bridgehead atoms. The molecule has 1 aromatic rings. The molecule has 6 nitrogen and oxygen atoms in total. The average molecular weight is 343 g/mol. The van der Waals surface area contributed by atoms with Crippen LogP contribution in [-0.2, 0) is 20.4 Å². The molecule has 4 rings (SSSR count). The number of nitro groups is 1. The van der Waals surface area contributed by atoms with Crippen LogP contribution in [-0.4, -0.2) is 25.4 Å². The molecule has 0 saturated heterocycles. The van der Waals surface area contributed by atoms with Crippen molar-refractivity contribution < 1.29 is 18.7 Å². The van der Waals surface area contributed by atoms with Gasteiger partial charge in [0.1, 0.15) is 4.75 Å². The first-order valence-corrected chi connectivity index (χ1v) is 8.72. The maximum atomic E-state index is 13.3. The highest BCUT2D eigenvalue weighted by Crippen LogP contribution is 2.57. The zero-order chi connectivity index (χ0) is 17.1. The summed E-state index contributed by atoms with van der Waals surface area (Å²) in [6, 6.07) is 5.36. The summed E-state index contributed by atoms with van der Waals surface area (Å²) in [5, 5.41) is 10.8. The molecule has 0 aliphatic heterocycles. The van der Waals surface area contributed by atoms with E-state index in [1.165, 1.54) is 36.4 Å². The highest BCUT2D eigenvalue weighted by atomic mass is 32.2. The van der Waals surface area contributed by atoms with E-state index in [0.29, 0.717) is 11.3 Å². The van der Waals surface area contributed by atoms with Gasteiger partial charge in [-0.1, -0.05) is 12.2 Å². The number of hydrogen-bond donors (Lipinski definition) is 0. The Morgan fingerprint density at radius 1 is 1.12 bits per heavy atom. The molecule has 0 amide bonds. The molecule has 0 heterocycles. The number of hydrogen-bond acceptors (Lipinski definition) is 5. The molecule has 0 unspecified atom stereocenters. The average Bonchev–Trinajstić information content (AvgIpc) is 3.18.